The highest BCUT2D eigenvalue weighted by molar-refractivity contribution is 7.87. The first-order valence-electron chi connectivity index (χ1n) is 7.60. The molecule has 0 spiro atoms. The zero-order valence-corrected chi connectivity index (χ0v) is 13.9. The molecular formula is C14H19NO8S. The summed E-state index contributed by atoms with van der Waals surface area (Å²) in [6, 6.07) is 0. The van der Waals surface area contributed by atoms with Crippen LogP contribution in [0.25, 0.3) is 0 Å². The summed E-state index contributed by atoms with van der Waals surface area (Å²) in [5.41, 5.74) is 0. The van der Waals surface area contributed by atoms with E-state index in [0.717, 1.165) is 6.08 Å². The third kappa shape index (κ3) is 2.94. The lowest BCUT2D eigenvalue weighted by atomic mass is 9.86. The maximum absolute atomic E-state index is 11.9. The van der Waals surface area contributed by atoms with E-state index in [0.29, 0.717) is 0 Å². The predicted molar refractivity (Wildman–Crippen MR) is 79.3 cm³/mol. The van der Waals surface area contributed by atoms with Crippen molar-refractivity contribution >= 4 is 22.0 Å². The highest BCUT2D eigenvalue weighted by atomic mass is 32.2. The monoisotopic (exact) mass is 361 g/mol. The molecule has 2 bridgehead atoms. The van der Waals surface area contributed by atoms with Crippen molar-refractivity contribution in [1.82, 2.24) is 5.32 Å². The number of ether oxygens (including phenoxy) is 3. The average molecular weight is 361 g/mol. The average Bonchev–Trinajstić information content (AvgIpc) is 3.10. The van der Waals surface area contributed by atoms with Crippen LogP contribution in [0.4, 0.5) is 0 Å². The number of nitrogens with one attached hydrogen (secondary N) is 1. The second kappa shape index (κ2) is 6.43. The van der Waals surface area contributed by atoms with Crippen LogP contribution in [0.15, 0.2) is 12.7 Å². The summed E-state index contributed by atoms with van der Waals surface area (Å²) < 4.78 is 45.0. The lowest BCUT2D eigenvalue weighted by Gasteiger charge is -2.25. The van der Waals surface area contributed by atoms with Gasteiger partial charge in [0, 0.05) is 5.92 Å². The second-order valence-electron chi connectivity index (χ2n) is 5.93. The number of carbonyl (C=O) groups excluding carboxylic acids is 2. The number of carbonyl (C=O) groups is 2. The standard InChI is InChI=1S/C14H19NO8S/c1-3-8(16)15-4-5-20-9(17)6-21-11-10-7(2)14-13(22-10)12(11)23-24(14,18)19/h3,7,10-14H,1,4-6H2,2H3,(H,15,16). The Kier molecular flexibility index (Phi) is 4.65. The van der Waals surface area contributed by atoms with Crippen LogP contribution in [0.5, 0.6) is 0 Å². The molecule has 1 amide bonds. The summed E-state index contributed by atoms with van der Waals surface area (Å²) in [6.45, 7) is 4.89. The van der Waals surface area contributed by atoms with Crippen molar-refractivity contribution in [3.05, 3.63) is 12.7 Å². The van der Waals surface area contributed by atoms with E-state index in [-0.39, 0.29) is 31.6 Å². The van der Waals surface area contributed by atoms with Gasteiger partial charge in [0.1, 0.15) is 36.8 Å². The normalized spacial score (nSPS) is 38.0. The van der Waals surface area contributed by atoms with Gasteiger partial charge in [0.15, 0.2) is 0 Å². The summed E-state index contributed by atoms with van der Waals surface area (Å²) in [6.07, 6.45) is -1.16. The fourth-order valence-corrected chi connectivity index (χ4v) is 5.33. The topological polar surface area (TPSA) is 117 Å². The molecule has 1 N–H and O–H groups in total. The quantitative estimate of drug-likeness (QED) is 0.258. The summed E-state index contributed by atoms with van der Waals surface area (Å²) in [4.78, 5) is 22.6. The molecule has 0 saturated carbocycles. The Morgan fingerprint density at radius 1 is 1.29 bits per heavy atom. The van der Waals surface area contributed by atoms with Crippen molar-refractivity contribution in [2.24, 2.45) is 5.92 Å². The first-order valence-corrected chi connectivity index (χ1v) is 9.07. The van der Waals surface area contributed by atoms with Gasteiger partial charge in [0.2, 0.25) is 5.91 Å². The van der Waals surface area contributed by atoms with Gasteiger partial charge in [-0.1, -0.05) is 13.5 Å². The van der Waals surface area contributed by atoms with Gasteiger partial charge in [0.25, 0.3) is 10.1 Å². The third-order valence-electron chi connectivity index (χ3n) is 4.47. The smallest absolute Gasteiger partial charge is 0.332 e. The molecule has 134 valence electrons. The van der Waals surface area contributed by atoms with Gasteiger partial charge >= 0.3 is 5.97 Å². The highest BCUT2D eigenvalue weighted by Gasteiger charge is 2.69. The second-order valence-corrected chi connectivity index (χ2v) is 7.66. The van der Waals surface area contributed by atoms with Crippen LogP contribution < -0.4 is 5.32 Å². The summed E-state index contributed by atoms with van der Waals surface area (Å²) >= 11 is 0. The molecule has 0 aromatic rings. The molecule has 3 aliphatic heterocycles. The number of hydrogen-bond acceptors (Lipinski definition) is 8. The van der Waals surface area contributed by atoms with E-state index in [1.54, 1.807) is 6.92 Å². The Labute approximate surface area is 139 Å². The van der Waals surface area contributed by atoms with Gasteiger partial charge in [-0.05, 0) is 6.08 Å². The maximum atomic E-state index is 11.9. The molecule has 0 aromatic carbocycles. The Morgan fingerprint density at radius 3 is 2.75 bits per heavy atom. The van der Waals surface area contributed by atoms with E-state index < -0.39 is 45.8 Å². The SMILES string of the molecule is C=CC(=O)NCCOC(=O)COC1C2OC3C1OS(=O)(=O)C3C2C. The largest absolute Gasteiger partial charge is 0.462 e. The van der Waals surface area contributed by atoms with Crippen molar-refractivity contribution in [2.45, 2.75) is 36.6 Å². The van der Waals surface area contributed by atoms with Gasteiger partial charge in [0.05, 0.1) is 12.6 Å². The molecule has 24 heavy (non-hydrogen) atoms. The molecule has 3 aliphatic rings. The minimum absolute atomic E-state index is 0.00176. The van der Waals surface area contributed by atoms with Crippen molar-refractivity contribution in [3.8, 4) is 0 Å². The van der Waals surface area contributed by atoms with Crippen molar-refractivity contribution in [3.63, 3.8) is 0 Å². The predicted octanol–water partition coefficient (Wildman–Crippen LogP) is -1.27. The molecule has 6 atom stereocenters. The van der Waals surface area contributed by atoms with Crippen molar-refractivity contribution < 1.29 is 36.4 Å². The van der Waals surface area contributed by atoms with Crippen LogP contribution in [0.3, 0.4) is 0 Å². The van der Waals surface area contributed by atoms with Crippen LogP contribution >= 0.6 is 0 Å². The van der Waals surface area contributed by atoms with E-state index in [9.17, 15) is 18.0 Å². The van der Waals surface area contributed by atoms with E-state index >= 15 is 0 Å². The molecule has 3 fully saturated rings. The Morgan fingerprint density at radius 2 is 2.04 bits per heavy atom. The molecule has 0 radical (unpaired) electrons. The van der Waals surface area contributed by atoms with Gasteiger partial charge in [-0.3, -0.25) is 8.98 Å². The molecule has 6 unspecified atom stereocenters. The maximum Gasteiger partial charge on any atom is 0.332 e. The van der Waals surface area contributed by atoms with Gasteiger partial charge in [-0.25, -0.2) is 4.79 Å². The van der Waals surface area contributed by atoms with Crippen LogP contribution in [-0.2, 0) is 38.1 Å². The number of amides is 1. The number of esters is 1. The Hall–Kier alpha value is -1.49. The minimum Gasteiger partial charge on any atom is -0.462 e. The number of rotatable bonds is 7. The molecular weight excluding hydrogens is 342 g/mol. The number of hydrogen-bond donors (Lipinski definition) is 1. The van der Waals surface area contributed by atoms with E-state index in [2.05, 4.69) is 11.9 Å². The Bertz CT molecular complexity index is 647. The van der Waals surface area contributed by atoms with Crippen molar-refractivity contribution in [1.29, 1.82) is 0 Å². The zero-order chi connectivity index (χ0) is 17.5. The molecule has 0 aromatic heterocycles. The molecule has 3 heterocycles. The Balaban J connectivity index is 1.45. The van der Waals surface area contributed by atoms with Gasteiger partial charge in [-0.15, -0.1) is 0 Å². The first kappa shape index (κ1) is 17.3. The molecule has 3 saturated heterocycles. The lowest BCUT2D eigenvalue weighted by molar-refractivity contribution is -0.154. The zero-order valence-electron chi connectivity index (χ0n) is 13.0. The van der Waals surface area contributed by atoms with Crippen molar-refractivity contribution in [2.75, 3.05) is 19.8 Å². The van der Waals surface area contributed by atoms with Crippen LogP contribution in [0.1, 0.15) is 6.92 Å². The molecule has 10 heteroatoms. The van der Waals surface area contributed by atoms with Crippen LogP contribution in [0.2, 0.25) is 0 Å². The number of fused-ring (bicyclic) bond motifs is 1. The highest BCUT2D eigenvalue weighted by Crippen LogP contribution is 2.50. The van der Waals surface area contributed by atoms with E-state index in [1.165, 1.54) is 0 Å². The minimum atomic E-state index is -3.65. The van der Waals surface area contributed by atoms with E-state index in [1.807, 2.05) is 0 Å². The summed E-state index contributed by atoms with van der Waals surface area (Å²) in [7, 11) is -3.65. The fraction of sp³-hybridized carbons (Fsp3) is 0.714. The first-order chi connectivity index (χ1) is 11.3. The van der Waals surface area contributed by atoms with Gasteiger partial charge < -0.3 is 19.5 Å². The summed E-state index contributed by atoms with van der Waals surface area (Å²) in [5, 5.41) is 1.80. The third-order valence-corrected chi connectivity index (χ3v) is 6.32. The van der Waals surface area contributed by atoms with E-state index in [4.69, 9.17) is 18.4 Å². The lowest BCUT2D eigenvalue weighted by Crippen LogP contribution is -2.45. The van der Waals surface area contributed by atoms with Crippen LogP contribution in [0, 0.1) is 5.92 Å². The van der Waals surface area contributed by atoms with Crippen LogP contribution in [-0.4, -0.2) is 69.7 Å². The molecule has 0 aliphatic carbocycles. The molecule has 9 nitrogen and oxygen atoms in total. The van der Waals surface area contributed by atoms with Gasteiger partial charge in [-0.2, -0.15) is 8.42 Å². The fourth-order valence-electron chi connectivity index (χ4n) is 3.45. The summed E-state index contributed by atoms with van der Waals surface area (Å²) in [5.74, 6) is -1.23. The molecule has 3 rings (SSSR count).